The highest BCUT2D eigenvalue weighted by atomic mass is 16.5. The Hall–Kier alpha value is -3.49. The molecule has 9 nitrogen and oxygen atoms in total. The lowest BCUT2D eigenvalue weighted by molar-refractivity contribution is -0.128. The van der Waals surface area contributed by atoms with Gasteiger partial charge in [0.1, 0.15) is 11.7 Å². The van der Waals surface area contributed by atoms with Gasteiger partial charge in [-0.2, -0.15) is 4.98 Å². The quantitative estimate of drug-likeness (QED) is 0.727. The average Bonchev–Trinajstić information content (AvgIpc) is 3.33. The summed E-state index contributed by atoms with van der Waals surface area (Å²) in [4.78, 5) is 35.2. The average molecular weight is 366 g/mol. The smallest absolute Gasteiger partial charge is 0.274 e. The van der Waals surface area contributed by atoms with E-state index in [1.165, 1.54) is 4.90 Å². The summed E-state index contributed by atoms with van der Waals surface area (Å²) in [5.41, 5.74) is 1.12. The van der Waals surface area contributed by atoms with E-state index in [4.69, 9.17) is 4.52 Å². The highest BCUT2D eigenvalue weighted by Gasteiger charge is 2.35. The molecular weight excluding hydrogens is 348 g/mol. The first-order chi connectivity index (χ1) is 13.1. The zero-order valence-corrected chi connectivity index (χ0v) is 14.7. The SMILES string of the molecule is Cn1cnc(C(=O)N2CCNC(=O)C2Cc2nc(-c3ccccc3)no2)c1. The fourth-order valence-corrected chi connectivity index (χ4v) is 3.04. The molecule has 1 aliphatic heterocycles. The van der Waals surface area contributed by atoms with Crippen LogP contribution in [0.5, 0.6) is 0 Å². The monoisotopic (exact) mass is 366 g/mol. The number of piperazine rings is 1. The molecule has 9 heteroatoms. The third kappa shape index (κ3) is 3.43. The summed E-state index contributed by atoms with van der Waals surface area (Å²) in [5.74, 6) is 0.211. The summed E-state index contributed by atoms with van der Waals surface area (Å²) >= 11 is 0. The molecule has 2 amide bonds. The molecule has 0 saturated carbocycles. The van der Waals surface area contributed by atoms with E-state index in [1.807, 2.05) is 30.3 Å². The highest BCUT2D eigenvalue weighted by molar-refractivity contribution is 5.96. The Balaban J connectivity index is 1.56. The first kappa shape index (κ1) is 17.0. The summed E-state index contributed by atoms with van der Waals surface area (Å²) in [7, 11) is 1.79. The molecule has 1 saturated heterocycles. The van der Waals surface area contributed by atoms with Crippen LogP contribution in [0.25, 0.3) is 11.4 Å². The lowest BCUT2D eigenvalue weighted by Gasteiger charge is -2.33. The van der Waals surface area contributed by atoms with Crippen LogP contribution in [-0.2, 0) is 18.3 Å². The molecule has 1 aliphatic rings. The van der Waals surface area contributed by atoms with E-state index in [0.29, 0.717) is 30.5 Å². The largest absolute Gasteiger partial charge is 0.353 e. The number of nitrogens with zero attached hydrogens (tertiary/aromatic N) is 5. The molecule has 4 rings (SSSR count). The number of benzene rings is 1. The molecule has 0 aliphatic carbocycles. The Morgan fingerprint density at radius 3 is 2.89 bits per heavy atom. The minimum Gasteiger partial charge on any atom is -0.353 e. The Bertz CT molecular complexity index is 964. The second-order valence-electron chi connectivity index (χ2n) is 6.31. The molecule has 2 aromatic heterocycles. The number of nitrogens with one attached hydrogen (secondary N) is 1. The van der Waals surface area contributed by atoms with Gasteiger partial charge in [0.25, 0.3) is 5.91 Å². The number of hydrogen-bond acceptors (Lipinski definition) is 6. The second-order valence-corrected chi connectivity index (χ2v) is 6.31. The number of hydrogen-bond donors (Lipinski definition) is 1. The first-order valence-electron chi connectivity index (χ1n) is 8.56. The minimum atomic E-state index is -0.725. The molecule has 1 atom stereocenters. The Morgan fingerprint density at radius 2 is 2.15 bits per heavy atom. The second kappa shape index (κ2) is 7.02. The number of imidazole rings is 1. The summed E-state index contributed by atoms with van der Waals surface area (Å²) in [6.45, 7) is 0.790. The van der Waals surface area contributed by atoms with E-state index in [-0.39, 0.29) is 18.2 Å². The van der Waals surface area contributed by atoms with Gasteiger partial charge in [-0.1, -0.05) is 35.5 Å². The van der Waals surface area contributed by atoms with Gasteiger partial charge in [0.05, 0.1) is 12.7 Å². The van der Waals surface area contributed by atoms with Crippen molar-refractivity contribution in [1.29, 1.82) is 0 Å². The van der Waals surface area contributed by atoms with E-state index < -0.39 is 6.04 Å². The fraction of sp³-hybridized carbons (Fsp3) is 0.278. The fourth-order valence-electron chi connectivity index (χ4n) is 3.04. The topological polar surface area (TPSA) is 106 Å². The number of carbonyl (C=O) groups excluding carboxylic acids is 2. The van der Waals surface area contributed by atoms with E-state index in [2.05, 4.69) is 20.4 Å². The molecule has 1 N–H and O–H groups in total. The summed E-state index contributed by atoms with van der Waals surface area (Å²) in [5, 5.41) is 6.76. The van der Waals surface area contributed by atoms with Crippen molar-refractivity contribution in [3.63, 3.8) is 0 Å². The van der Waals surface area contributed by atoms with Crippen LogP contribution in [0.4, 0.5) is 0 Å². The van der Waals surface area contributed by atoms with Crippen molar-refractivity contribution in [1.82, 2.24) is 29.9 Å². The van der Waals surface area contributed by atoms with Crippen molar-refractivity contribution in [3.8, 4) is 11.4 Å². The number of carbonyl (C=O) groups is 2. The summed E-state index contributed by atoms with van der Waals surface area (Å²) < 4.78 is 7.00. The summed E-state index contributed by atoms with van der Waals surface area (Å²) in [6, 6.07) is 8.69. The molecular formula is C18H18N6O3. The van der Waals surface area contributed by atoms with Crippen LogP contribution in [0.15, 0.2) is 47.4 Å². The predicted octanol–water partition coefficient (Wildman–Crippen LogP) is 0.653. The number of amides is 2. The third-order valence-electron chi connectivity index (χ3n) is 4.38. The molecule has 0 radical (unpaired) electrons. The molecule has 1 unspecified atom stereocenters. The van der Waals surface area contributed by atoms with Crippen LogP contribution in [-0.4, -0.2) is 55.5 Å². The van der Waals surface area contributed by atoms with Crippen LogP contribution in [0.3, 0.4) is 0 Å². The van der Waals surface area contributed by atoms with Gasteiger partial charge in [0.2, 0.25) is 17.6 Å². The molecule has 1 aromatic carbocycles. The van der Waals surface area contributed by atoms with Crippen molar-refractivity contribution in [2.45, 2.75) is 12.5 Å². The van der Waals surface area contributed by atoms with E-state index >= 15 is 0 Å². The van der Waals surface area contributed by atoms with Gasteiger partial charge < -0.3 is 19.3 Å². The number of aryl methyl sites for hydroxylation is 1. The molecule has 3 heterocycles. The van der Waals surface area contributed by atoms with Crippen molar-refractivity contribution >= 4 is 11.8 Å². The maximum atomic E-state index is 12.8. The molecule has 3 aromatic rings. The molecule has 138 valence electrons. The van der Waals surface area contributed by atoms with Gasteiger partial charge >= 0.3 is 0 Å². The van der Waals surface area contributed by atoms with Gasteiger partial charge in [-0.05, 0) is 0 Å². The maximum Gasteiger partial charge on any atom is 0.274 e. The standard InChI is InChI=1S/C18H18N6O3/c1-23-10-13(20-11-23)18(26)24-8-7-19-17(25)14(24)9-15-21-16(22-27-15)12-5-3-2-4-6-12/h2-6,10-11,14H,7-9H2,1H3,(H,19,25). The van der Waals surface area contributed by atoms with Crippen LogP contribution < -0.4 is 5.32 Å². The third-order valence-corrected chi connectivity index (χ3v) is 4.38. The Morgan fingerprint density at radius 1 is 1.33 bits per heavy atom. The lowest BCUT2D eigenvalue weighted by atomic mass is 10.1. The van der Waals surface area contributed by atoms with Crippen molar-refractivity contribution < 1.29 is 14.1 Å². The Labute approximate surface area is 155 Å². The van der Waals surface area contributed by atoms with Gasteiger partial charge in [0, 0.05) is 31.9 Å². The van der Waals surface area contributed by atoms with Gasteiger partial charge in [-0.25, -0.2) is 4.98 Å². The van der Waals surface area contributed by atoms with Gasteiger partial charge in [-0.15, -0.1) is 0 Å². The van der Waals surface area contributed by atoms with Crippen LogP contribution in [0.1, 0.15) is 16.4 Å². The molecule has 0 spiro atoms. The van der Waals surface area contributed by atoms with Crippen molar-refractivity contribution in [3.05, 3.63) is 54.4 Å². The zero-order valence-electron chi connectivity index (χ0n) is 14.7. The van der Waals surface area contributed by atoms with Crippen LogP contribution in [0.2, 0.25) is 0 Å². The molecule has 1 fully saturated rings. The van der Waals surface area contributed by atoms with Gasteiger partial charge in [0.15, 0.2) is 0 Å². The molecule has 0 bridgehead atoms. The van der Waals surface area contributed by atoms with E-state index in [0.717, 1.165) is 5.56 Å². The number of rotatable bonds is 4. The first-order valence-corrected chi connectivity index (χ1v) is 8.56. The molecule has 27 heavy (non-hydrogen) atoms. The van der Waals surface area contributed by atoms with Crippen molar-refractivity contribution in [2.75, 3.05) is 13.1 Å². The lowest BCUT2D eigenvalue weighted by Crippen LogP contribution is -2.58. The normalized spacial score (nSPS) is 17.0. The zero-order chi connectivity index (χ0) is 18.8. The Kier molecular flexibility index (Phi) is 4.41. The highest BCUT2D eigenvalue weighted by Crippen LogP contribution is 2.18. The van der Waals surface area contributed by atoms with E-state index in [9.17, 15) is 9.59 Å². The van der Waals surface area contributed by atoms with Gasteiger partial charge in [-0.3, -0.25) is 9.59 Å². The van der Waals surface area contributed by atoms with E-state index in [1.54, 1.807) is 24.1 Å². The predicted molar refractivity (Wildman–Crippen MR) is 94.5 cm³/mol. The van der Waals surface area contributed by atoms with Crippen LogP contribution in [0, 0.1) is 0 Å². The van der Waals surface area contributed by atoms with Crippen molar-refractivity contribution in [2.24, 2.45) is 7.05 Å². The minimum absolute atomic E-state index is 0.143. The van der Waals surface area contributed by atoms with Crippen LogP contribution >= 0.6 is 0 Å². The number of aromatic nitrogens is 4. The maximum absolute atomic E-state index is 12.8. The summed E-state index contributed by atoms with van der Waals surface area (Å²) in [6.07, 6.45) is 3.33.